The van der Waals surface area contributed by atoms with Gasteiger partial charge in [-0.05, 0) is 54.1 Å². The van der Waals surface area contributed by atoms with E-state index in [0.29, 0.717) is 6.04 Å². The summed E-state index contributed by atoms with van der Waals surface area (Å²) < 4.78 is 5.93. The van der Waals surface area contributed by atoms with Crippen molar-refractivity contribution in [3.05, 3.63) is 51.2 Å². The maximum atomic E-state index is 5.93. The fourth-order valence-corrected chi connectivity index (χ4v) is 3.63. The van der Waals surface area contributed by atoms with Gasteiger partial charge in [0, 0.05) is 18.2 Å². The summed E-state index contributed by atoms with van der Waals surface area (Å²) in [5, 5.41) is 8.17. The molecule has 0 aliphatic carbocycles. The van der Waals surface area contributed by atoms with Gasteiger partial charge in [-0.2, -0.15) is 11.3 Å². The summed E-state index contributed by atoms with van der Waals surface area (Å²) in [6, 6.07) is 6.86. The topological polar surface area (TPSA) is 21.3 Å². The number of nitrogens with one attached hydrogen (secondary N) is 1. The van der Waals surface area contributed by atoms with Crippen molar-refractivity contribution >= 4 is 11.3 Å². The molecule has 0 saturated heterocycles. The zero-order chi connectivity index (χ0) is 13.9. The molecule has 20 heavy (non-hydrogen) atoms. The van der Waals surface area contributed by atoms with E-state index in [1.54, 1.807) is 11.3 Å². The highest BCUT2D eigenvalue weighted by atomic mass is 32.1. The lowest BCUT2D eigenvalue weighted by atomic mass is 9.99. The highest BCUT2D eigenvalue weighted by Gasteiger charge is 2.20. The Kier molecular flexibility index (Phi) is 4.08. The van der Waals surface area contributed by atoms with Gasteiger partial charge in [0.05, 0.1) is 6.61 Å². The SMILES string of the molecule is Cc1cscc1CNC1CCCOc2c(C)cccc21. The minimum absolute atomic E-state index is 0.395. The van der Waals surface area contributed by atoms with E-state index in [0.717, 1.165) is 31.7 Å². The third-order valence-electron chi connectivity index (χ3n) is 4.00. The molecule has 1 aliphatic rings. The standard InChI is InChI=1S/C17H21NOS/c1-12-5-3-6-15-16(7-4-8-19-17(12)15)18-9-14-11-20-10-13(14)2/h3,5-6,10-11,16,18H,4,7-9H2,1-2H3. The van der Waals surface area contributed by atoms with Crippen molar-refractivity contribution in [2.75, 3.05) is 6.61 Å². The van der Waals surface area contributed by atoms with E-state index in [1.165, 1.54) is 22.3 Å². The lowest BCUT2D eigenvalue weighted by Gasteiger charge is -2.19. The van der Waals surface area contributed by atoms with E-state index in [9.17, 15) is 0 Å². The molecule has 0 bridgehead atoms. The van der Waals surface area contributed by atoms with Crippen LogP contribution < -0.4 is 10.1 Å². The largest absolute Gasteiger partial charge is 0.493 e. The minimum atomic E-state index is 0.395. The normalized spacial score (nSPS) is 18.2. The number of hydrogen-bond acceptors (Lipinski definition) is 3. The molecular weight excluding hydrogens is 266 g/mol. The number of fused-ring (bicyclic) bond motifs is 1. The lowest BCUT2D eigenvalue weighted by Crippen LogP contribution is -2.20. The smallest absolute Gasteiger partial charge is 0.126 e. The summed E-state index contributed by atoms with van der Waals surface area (Å²) in [4.78, 5) is 0. The first-order valence-electron chi connectivity index (χ1n) is 7.23. The molecule has 1 unspecified atom stereocenters. The maximum Gasteiger partial charge on any atom is 0.126 e. The lowest BCUT2D eigenvalue weighted by molar-refractivity contribution is 0.313. The summed E-state index contributed by atoms with van der Waals surface area (Å²) in [6.45, 7) is 6.08. The average Bonchev–Trinajstić information content (AvgIpc) is 2.73. The first-order chi connectivity index (χ1) is 9.75. The number of para-hydroxylation sites is 1. The van der Waals surface area contributed by atoms with Gasteiger partial charge in [-0.1, -0.05) is 18.2 Å². The number of hydrogen-bond donors (Lipinski definition) is 1. The Labute approximate surface area is 124 Å². The molecule has 3 rings (SSSR count). The summed E-state index contributed by atoms with van der Waals surface area (Å²) in [5.74, 6) is 1.09. The van der Waals surface area contributed by atoms with Gasteiger partial charge >= 0.3 is 0 Å². The van der Waals surface area contributed by atoms with Crippen molar-refractivity contribution < 1.29 is 4.74 Å². The Morgan fingerprint density at radius 2 is 2.15 bits per heavy atom. The molecule has 0 spiro atoms. The third-order valence-corrected chi connectivity index (χ3v) is 4.91. The maximum absolute atomic E-state index is 5.93. The summed E-state index contributed by atoms with van der Waals surface area (Å²) in [6.07, 6.45) is 2.24. The van der Waals surface area contributed by atoms with Crippen LogP contribution in [0.2, 0.25) is 0 Å². The van der Waals surface area contributed by atoms with Gasteiger partial charge in [0.2, 0.25) is 0 Å². The highest BCUT2D eigenvalue weighted by Crippen LogP contribution is 2.34. The van der Waals surface area contributed by atoms with Gasteiger partial charge in [0.1, 0.15) is 5.75 Å². The predicted molar refractivity (Wildman–Crippen MR) is 84.5 cm³/mol. The number of benzene rings is 1. The Bertz CT molecular complexity index is 590. The second-order valence-corrected chi connectivity index (χ2v) is 6.24. The van der Waals surface area contributed by atoms with E-state index in [4.69, 9.17) is 4.74 Å². The first kappa shape index (κ1) is 13.7. The van der Waals surface area contributed by atoms with Crippen LogP contribution in [-0.4, -0.2) is 6.61 Å². The zero-order valence-corrected chi connectivity index (χ0v) is 12.9. The number of ether oxygens (including phenoxy) is 1. The molecule has 106 valence electrons. The zero-order valence-electron chi connectivity index (χ0n) is 12.1. The van der Waals surface area contributed by atoms with Crippen LogP contribution in [0.15, 0.2) is 29.0 Å². The van der Waals surface area contributed by atoms with Crippen LogP contribution in [0, 0.1) is 13.8 Å². The first-order valence-corrected chi connectivity index (χ1v) is 8.17. The molecule has 1 aliphatic heterocycles. The van der Waals surface area contributed by atoms with Crippen LogP contribution in [-0.2, 0) is 6.54 Å². The van der Waals surface area contributed by atoms with Crippen LogP contribution in [0.4, 0.5) is 0 Å². The van der Waals surface area contributed by atoms with Gasteiger partial charge in [-0.15, -0.1) is 0 Å². The molecule has 1 aromatic carbocycles. The van der Waals surface area contributed by atoms with Crippen LogP contribution >= 0.6 is 11.3 Å². The monoisotopic (exact) mass is 287 g/mol. The molecule has 0 fully saturated rings. The molecule has 0 amide bonds. The van der Waals surface area contributed by atoms with Gasteiger partial charge in [-0.3, -0.25) is 0 Å². The van der Waals surface area contributed by atoms with Crippen LogP contribution in [0.5, 0.6) is 5.75 Å². The summed E-state index contributed by atoms with van der Waals surface area (Å²) in [7, 11) is 0. The van der Waals surface area contributed by atoms with Crippen molar-refractivity contribution in [2.24, 2.45) is 0 Å². The number of aryl methyl sites for hydroxylation is 2. The van der Waals surface area contributed by atoms with Crippen molar-refractivity contribution in [2.45, 2.75) is 39.3 Å². The molecule has 1 aromatic heterocycles. The fourth-order valence-electron chi connectivity index (χ4n) is 2.78. The van der Waals surface area contributed by atoms with E-state index in [1.807, 2.05) is 0 Å². The van der Waals surface area contributed by atoms with Crippen molar-refractivity contribution in [3.63, 3.8) is 0 Å². The quantitative estimate of drug-likeness (QED) is 0.905. The number of thiophene rings is 1. The molecule has 2 heterocycles. The van der Waals surface area contributed by atoms with Crippen molar-refractivity contribution in [1.82, 2.24) is 5.32 Å². The van der Waals surface area contributed by atoms with Gasteiger partial charge in [0.15, 0.2) is 0 Å². The van der Waals surface area contributed by atoms with E-state index >= 15 is 0 Å². The molecule has 3 heteroatoms. The Morgan fingerprint density at radius 1 is 1.25 bits per heavy atom. The van der Waals surface area contributed by atoms with Crippen LogP contribution in [0.1, 0.15) is 41.1 Å². The van der Waals surface area contributed by atoms with Crippen molar-refractivity contribution in [1.29, 1.82) is 0 Å². The molecule has 0 radical (unpaired) electrons. The second kappa shape index (κ2) is 5.98. The van der Waals surface area contributed by atoms with E-state index < -0.39 is 0 Å². The molecule has 1 atom stereocenters. The summed E-state index contributed by atoms with van der Waals surface area (Å²) >= 11 is 1.78. The Balaban J connectivity index is 1.80. The highest BCUT2D eigenvalue weighted by molar-refractivity contribution is 7.08. The third kappa shape index (κ3) is 2.74. The van der Waals surface area contributed by atoms with Crippen LogP contribution in [0.3, 0.4) is 0 Å². The van der Waals surface area contributed by atoms with E-state index in [-0.39, 0.29) is 0 Å². The second-order valence-electron chi connectivity index (χ2n) is 5.50. The Morgan fingerprint density at radius 3 is 2.95 bits per heavy atom. The number of rotatable bonds is 3. The summed E-state index contributed by atoms with van der Waals surface area (Å²) in [5.41, 5.74) is 5.35. The predicted octanol–water partition coefficient (Wildman–Crippen LogP) is 4.37. The molecular formula is C17H21NOS. The van der Waals surface area contributed by atoms with E-state index in [2.05, 4.69) is 48.1 Å². The minimum Gasteiger partial charge on any atom is -0.493 e. The van der Waals surface area contributed by atoms with Crippen molar-refractivity contribution in [3.8, 4) is 5.75 Å². The van der Waals surface area contributed by atoms with Gasteiger partial charge in [-0.25, -0.2) is 0 Å². The van der Waals surface area contributed by atoms with Gasteiger partial charge in [0.25, 0.3) is 0 Å². The van der Waals surface area contributed by atoms with Gasteiger partial charge < -0.3 is 10.1 Å². The average molecular weight is 287 g/mol. The molecule has 0 saturated carbocycles. The molecule has 1 N–H and O–H groups in total. The fraction of sp³-hybridized carbons (Fsp3) is 0.412. The molecule has 2 nitrogen and oxygen atoms in total. The molecule has 2 aromatic rings. The Hall–Kier alpha value is -1.32. The van der Waals surface area contributed by atoms with Crippen LogP contribution in [0.25, 0.3) is 0 Å².